The highest BCUT2D eigenvalue weighted by atomic mass is 32.1. The minimum atomic E-state index is -0.158. The van der Waals surface area contributed by atoms with Gasteiger partial charge in [-0.3, -0.25) is 9.69 Å². The van der Waals surface area contributed by atoms with Gasteiger partial charge < -0.3 is 4.74 Å². The lowest BCUT2D eigenvalue weighted by Crippen LogP contribution is -2.37. The van der Waals surface area contributed by atoms with Crippen LogP contribution in [0.25, 0.3) is 0 Å². The molecule has 2 rings (SSSR count). The molecule has 0 amide bonds. The molecule has 0 aliphatic heterocycles. The van der Waals surface area contributed by atoms with Crippen LogP contribution in [0.15, 0.2) is 5.38 Å². The molecule has 21 heavy (non-hydrogen) atoms. The zero-order chi connectivity index (χ0) is 15.5. The van der Waals surface area contributed by atoms with Gasteiger partial charge in [0.25, 0.3) is 0 Å². The first-order chi connectivity index (χ1) is 9.90. The number of nitrogens with zero attached hydrogens (tertiary/aromatic N) is 2. The number of esters is 1. The first-order valence-electron chi connectivity index (χ1n) is 7.66. The Morgan fingerprint density at radius 2 is 2.10 bits per heavy atom. The van der Waals surface area contributed by atoms with Crippen molar-refractivity contribution in [1.82, 2.24) is 9.88 Å². The van der Waals surface area contributed by atoms with Crippen molar-refractivity contribution < 1.29 is 9.53 Å². The molecule has 1 aliphatic rings. The third kappa shape index (κ3) is 4.51. The second-order valence-electron chi connectivity index (χ2n) is 6.80. The van der Waals surface area contributed by atoms with E-state index in [9.17, 15) is 4.79 Å². The van der Waals surface area contributed by atoms with Crippen LogP contribution in [0.2, 0.25) is 0 Å². The molecule has 0 unspecified atom stereocenters. The molecule has 0 bridgehead atoms. The zero-order valence-electron chi connectivity index (χ0n) is 13.5. The van der Waals surface area contributed by atoms with Crippen molar-refractivity contribution >= 4 is 17.3 Å². The van der Waals surface area contributed by atoms with Gasteiger partial charge in [-0.2, -0.15) is 0 Å². The van der Waals surface area contributed by atoms with E-state index in [1.54, 1.807) is 11.3 Å². The quantitative estimate of drug-likeness (QED) is 0.782. The number of methoxy groups -OCH3 is 1. The van der Waals surface area contributed by atoms with Crippen molar-refractivity contribution in [3.63, 3.8) is 0 Å². The van der Waals surface area contributed by atoms with Crippen LogP contribution in [-0.2, 0) is 21.5 Å². The average Bonchev–Trinajstić information content (AvgIpc) is 3.08. The first kappa shape index (κ1) is 16.4. The Kier molecular flexibility index (Phi) is 5.38. The lowest BCUT2D eigenvalue weighted by atomic mass is 9.93. The second-order valence-corrected chi connectivity index (χ2v) is 7.74. The van der Waals surface area contributed by atoms with Gasteiger partial charge in [0.15, 0.2) is 0 Å². The molecule has 0 aromatic carbocycles. The summed E-state index contributed by atoms with van der Waals surface area (Å²) in [6.45, 7) is 7.64. The van der Waals surface area contributed by atoms with Gasteiger partial charge in [-0.1, -0.05) is 33.6 Å². The fourth-order valence-electron chi connectivity index (χ4n) is 2.72. The summed E-state index contributed by atoms with van der Waals surface area (Å²) in [4.78, 5) is 18.6. The van der Waals surface area contributed by atoms with E-state index in [4.69, 9.17) is 9.72 Å². The summed E-state index contributed by atoms with van der Waals surface area (Å²) >= 11 is 1.69. The number of hydrogen-bond donors (Lipinski definition) is 0. The maximum atomic E-state index is 11.7. The third-order valence-electron chi connectivity index (χ3n) is 4.06. The molecule has 0 spiro atoms. The third-order valence-corrected chi connectivity index (χ3v) is 4.89. The Hall–Kier alpha value is -0.940. The summed E-state index contributed by atoms with van der Waals surface area (Å²) in [7, 11) is 1.45. The fourth-order valence-corrected chi connectivity index (χ4v) is 3.76. The van der Waals surface area contributed by atoms with Gasteiger partial charge in [-0.05, 0) is 12.8 Å². The molecule has 1 aromatic heterocycles. The average molecular weight is 310 g/mol. The van der Waals surface area contributed by atoms with Gasteiger partial charge in [0.05, 0.1) is 25.9 Å². The number of rotatable bonds is 5. The number of aromatic nitrogens is 1. The Bertz CT molecular complexity index is 473. The minimum Gasteiger partial charge on any atom is -0.468 e. The zero-order valence-corrected chi connectivity index (χ0v) is 14.3. The number of carbonyl (C=O) groups excluding carboxylic acids is 1. The van der Waals surface area contributed by atoms with Crippen LogP contribution < -0.4 is 0 Å². The topological polar surface area (TPSA) is 42.4 Å². The molecular formula is C16H26N2O2S. The number of thiazole rings is 1. The van der Waals surface area contributed by atoms with Crippen molar-refractivity contribution in [3.8, 4) is 0 Å². The molecule has 118 valence electrons. The van der Waals surface area contributed by atoms with Crippen molar-refractivity contribution in [2.75, 3.05) is 13.7 Å². The molecule has 4 nitrogen and oxygen atoms in total. The molecule has 1 heterocycles. The van der Waals surface area contributed by atoms with E-state index in [2.05, 4.69) is 31.1 Å². The summed E-state index contributed by atoms with van der Waals surface area (Å²) in [5.41, 5.74) is 1.21. The predicted molar refractivity (Wildman–Crippen MR) is 85.5 cm³/mol. The molecular weight excluding hydrogens is 284 g/mol. The van der Waals surface area contributed by atoms with E-state index in [-0.39, 0.29) is 11.4 Å². The second kappa shape index (κ2) is 6.88. The Balaban J connectivity index is 2.06. The standard InChI is InChI=1S/C16H26N2O2S/c1-16(2,3)13-11-21-14(17-13)9-18(10-15(19)20-4)12-7-5-6-8-12/h11-12H,5-10H2,1-4H3. The number of ether oxygens (including phenoxy) is 1. The lowest BCUT2D eigenvalue weighted by Gasteiger charge is -2.26. The van der Waals surface area contributed by atoms with Gasteiger partial charge in [-0.15, -0.1) is 11.3 Å². The highest BCUT2D eigenvalue weighted by Gasteiger charge is 2.26. The van der Waals surface area contributed by atoms with Crippen LogP contribution in [0.1, 0.15) is 57.2 Å². The highest BCUT2D eigenvalue weighted by molar-refractivity contribution is 7.09. The molecule has 1 aliphatic carbocycles. The largest absolute Gasteiger partial charge is 0.468 e. The molecule has 1 saturated carbocycles. The normalized spacial score (nSPS) is 16.6. The van der Waals surface area contributed by atoms with Crippen LogP contribution in [0.5, 0.6) is 0 Å². The summed E-state index contributed by atoms with van der Waals surface area (Å²) < 4.78 is 4.84. The van der Waals surface area contributed by atoms with Gasteiger partial charge >= 0.3 is 5.97 Å². The highest BCUT2D eigenvalue weighted by Crippen LogP contribution is 2.28. The summed E-state index contributed by atoms with van der Waals surface area (Å²) in [6.07, 6.45) is 4.86. The maximum Gasteiger partial charge on any atom is 0.319 e. The van der Waals surface area contributed by atoms with Crippen molar-refractivity contribution in [3.05, 3.63) is 16.1 Å². The van der Waals surface area contributed by atoms with E-state index in [1.807, 2.05) is 0 Å². The minimum absolute atomic E-state index is 0.0787. The summed E-state index contributed by atoms with van der Waals surface area (Å²) in [5, 5.41) is 3.23. The van der Waals surface area contributed by atoms with Crippen molar-refractivity contribution in [2.45, 2.75) is 64.5 Å². The number of carbonyl (C=O) groups is 1. The lowest BCUT2D eigenvalue weighted by molar-refractivity contribution is -0.142. The summed E-state index contributed by atoms with van der Waals surface area (Å²) in [6, 6.07) is 0.492. The van der Waals surface area contributed by atoms with Crippen LogP contribution in [0, 0.1) is 0 Å². The SMILES string of the molecule is COC(=O)CN(Cc1nc(C(C)(C)C)cs1)C1CCCC1. The number of hydrogen-bond acceptors (Lipinski definition) is 5. The molecule has 0 saturated heterocycles. The Morgan fingerprint density at radius 3 is 2.62 bits per heavy atom. The maximum absolute atomic E-state index is 11.7. The summed E-state index contributed by atoms with van der Waals surface area (Å²) in [5.74, 6) is -0.158. The monoisotopic (exact) mass is 310 g/mol. The molecule has 0 atom stereocenters. The predicted octanol–water partition coefficient (Wildman–Crippen LogP) is 3.36. The molecule has 1 aromatic rings. The van der Waals surface area contributed by atoms with Crippen LogP contribution in [0.4, 0.5) is 0 Å². The van der Waals surface area contributed by atoms with E-state index < -0.39 is 0 Å². The molecule has 0 radical (unpaired) electrons. The fraction of sp³-hybridized carbons (Fsp3) is 0.750. The Morgan fingerprint density at radius 1 is 1.43 bits per heavy atom. The van der Waals surface area contributed by atoms with E-state index in [0.29, 0.717) is 12.6 Å². The van der Waals surface area contributed by atoms with Crippen LogP contribution in [0.3, 0.4) is 0 Å². The molecule has 0 N–H and O–H groups in total. The van der Waals surface area contributed by atoms with Gasteiger partial charge in [0.1, 0.15) is 5.01 Å². The first-order valence-corrected chi connectivity index (χ1v) is 8.54. The van der Waals surface area contributed by atoms with Gasteiger partial charge in [0.2, 0.25) is 0 Å². The van der Waals surface area contributed by atoms with E-state index in [0.717, 1.165) is 17.2 Å². The van der Waals surface area contributed by atoms with Gasteiger partial charge in [-0.25, -0.2) is 4.98 Å². The smallest absolute Gasteiger partial charge is 0.319 e. The molecule has 1 fully saturated rings. The van der Waals surface area contributed by atoms with Crippen LogP contribution in [-0.4, -0.2) is 35.5 Å². The van der Waals surface area contributed by atoms with Crippen molar-refractivity contribution in [2.24, 2.45) is 0 Å². The van der Waals surface area contributed by atoms with Crippen molar-refractivity contribution in [1.29, 1.82) is 0 Å². The van der Waals surface area contributed by atoms with E-state index >= 15 is 0 Å². The molecule has 5 heteroatoms. The van der Waals surface area contributed by atoms with Crippen LogP contribution >= 0.6 is 11.3 Å². The van der Waals surface area contributed by atoms with Gasteiger partial charge in [0, 0.05) is 16.8 Å². The Labute approximate surface area is 131 Å². The van der Waals surface area contributed by atoms with E-state index in [1.165, 1.54) is 32.8 Å².